The van der Waals surface area contributed by atoms with Crippen molar-refractivity contribution in [2.75, 3.05) is 0 Å². The minimum atomic E-state index is 0. The Balaban J connectivity index is 0. The maximum absolute atomic E-state index is 6.34. The third-order valence-corrected chi connectivity index (χ3v) is 5.44. The Kier molecular flexibility index (Phi) is 20.6. The Morgan fingerprint density at radius 2 is 0.826 bits per heavy atom. The zero-order valence-electron chi connectivity index (χ0n) is 16.5. The molecule has 0 amide bonds. The number of rotatable bonds is 17. The monoisotopic (exact) mass is 347 g/mol. The maximum atomic E-state index is 6.34. The second-order valence-electron chi connectivity index (χ2n) is 7.42. The molecule has 0 aromatic rings. The summed E-state index contributed by atoms with van der Waals surface area (Å²) in [6.45, 7) is 6.75. The average Bonchev–Trinajstić information content (AvgIpc) is 2.55. The summed E-state index contributed by atoms with van der Waals surface area (Å²) in [4.78, 5) is 0. The molecule has 142 valence electrons. The van der Waals surface area contributed by atoms with Crippen molar-refractivity contribution in [1.82, 2.24) is 0 Å². The Labute approximate surface area is 154 Å². The Hall–Kier alpha value is 0.250. The van der Waals surface area contributed by atoms with Gasteiger partial charge in [0.1, 0.15) is 0 Å². The lowest BCUT2D eigenvalue weighted by atomic mass is 9.88. The molecule has 0 unspecified atom stereocenters. The van der Waals surface area contributed by atoms with Crippen LogP contribution < -0.4 is 5.73 Å². The van der Waals surface area contributed by atoms with Crippen LogP contribution in [0.4, 0.5) is 0 Å². The van der Waals surface area contributed by atoms with E-state index in [1.54, 1.807) is 0 Å². The fourth-order valence-corrected chi connectivity index (χ4v) is 3.28. The standard InChI is InChI=1S/C21H45N.ClH/c1-4-7-8-9-10-11-12-13-14-15-16-17-18-19-20-21(22,5-2)6-3;/h4-20,22H2,1-3H3;1H. The first-order valence-electron chi connectivity index (χ1n) is 10.5. The SMILES string of the molecule is CCCCCCCCCCCCCCCCC(N)(CC)CC.Cl. The highest BCUT2D eigenvalue weighted by Gasteiger charge is 2.18. The lowest BCUT2D eigenvalue weighted by Gasteiger charge is -2.26. The summed E-state index contributed by atoms with van der Waals surface area (Å²) in [5, 5.41) is 0. The van der Waals surface area contributed by atoms with Crippen molar-refractivity contribution in [1.29, 1.82) is 0 Å². The number of halogens is 1. The van der Waals surface area contributed by atoms with Crippen LogP contribution in [0.5, 0.6) is 0 Å². The summed E-state index contributed by atoms with van der Waals surface area (Å²) in [7, 11) is 0. The van der Waals surface area contributed by atoms with Gasteiger partial charge in [0.15, 0.2) is 0 Å². The molecule has 0 aliphatic carbocycles. The van der Waals surface area contributed by atoms with E-state index in [4.69, 9.17) is 5.73 Å². The molecule has 0 bridgehead atoms. The van der Waals surface area contributed by atoms with Gasteiger partial charge in [0.25, 0.3) is 0 Å². The molecule has 0 atom stereocenters. The minimum Gasteiger partial charge on any atom is -0.325 e. The van der Waals surface area contributed by atoms with E-state index in [0.717, 1.165) is 12.8 Å². The van der Waals surface area contributed by atoms with Crippen LogP contribution in [0.15, 0.2) is 0 Å². The van der Waals surface area contributed by atoms with Gasteiger partial charge in [0, 0.05) is 5.54 Å². The molecule has 0 aromatic heterocycles. The van der Waals surface area contributed by atoms with Gasteiger partial charge in [-0.3, -0.25) is 0 Å². The predicted octanol–water partition coefficient (Wildman–Crippen LogP) is 7.80. The van der Waals surface area contributed by atoms with Crippen LogP contribution >= 0.6 is 12.4 Å². The minimum absolute atomic E-state index is 0. The topological polar surface area (TPSA) is 26.0 Å². The molecular formula is C21H46ClN. The fourth-order valence-electron chi connectivity index (χ4n) is 3.28. The van der Waals surface area contributed by atoms with E-state index in [1.165, 1.54) is 96.3 Å². The first kappa shape index (κ1) is 25.5. The fraction of sp³-hybridized carbons (Fsp3) is 1.00. The predicted molar refractivity (Wildman–Crippen MR) is 110 cm³/mol. The van der Waals surface area contributed by atoms with Crippen LogP contribution in [0.3, 0.4) is 0 Å². The third-order valence-electron chi connectivity index (χ3n) is 5.44. The van der Waals surface area contributed by atoms with Gasteiger partial charge >= 0.3 is 0 Å². The van der Waals surface area contributed by atoms with Crippen LogP contribution in [-0.4, -0.2) is 5.54 Å². The lowest BCUT2D eigenvalue weighted by molar-refractivity contribution is 0.350. The van der Waals surface area contributed by atoms with Crippen LogP contribution in [0.2, 0.25) is 0 Å². The molecule has 0 saturated heterocycles. The molecule has 2 heteroatoms. The highest BCUT2D eigenvalue weighted by Crippen LogP contribution is 2.20. The molecule has 0 aliphatic heterocycles. The van der Waals surface area contributed by atoms with Gasteiger partial charge < -0.3 is 5.73 Å². The largest absolute Gasteiger partial charge is 0.325 e. The zero-order valence-corrected chi connectivity index (χ0v) is 17.3. The summed E-state index contributed by atoms with van der Waals surface area (Å²) in [5.74, 6) is 0. The summed E-state index contributed by atoms with van der Waals surface area (Å²) in [5.41, 5.74) is 6.47. The van der Waals surface area contributed by atoms with E-state index in [0.29, 0.717) is 0 Å². The van der Waals surface area contributed by atoms with Gasteiger partial charge in [-0.25, -0.2) is 0 Å². The van der Waals surface area contributed by atoms with Crippen LogP contribution in [0, 0.1) is 0 Å². The van der Waals surface area contributed by atoms with E-state index in [1.807, 2.05) is 0 Å². The highest BCUT2D eigenvalue weighted by molar-refractivity contribution is 5.85. The van der Waals surface area contributed by atoms with Gasteiger partial charge in [-0.1, -0.05) is 111 Å². The molecule has 0 aromatic carbocycles. The Bertz CT molecular complexity index is 214. The van der Waals surface area contributed by atoms with E-state index in [-0.39, 0.29) is 17.9 Å². The van der Waals surface area contributed by atoms with Crippen molar-refractivity contribution in [3.05, 3.63) is 0 Å². The van der Waals surface area contributed by atoms with E-state index in [2.05, 4.69) is 20.8 Å². The molecule has 0 saturated carbocycles. The molecule has 0 heterocycles. The molecule has 0 aliphatic rings. The van der Waals surface area contributed by atoms with Gasteiger partial charge in [-0.2, -0.15) is 0 Å². The second-order valence-corrected chi connectivity index (χ2v) is 7.42. The quantitative estimate of drug-likeness (QED) is 0.267. The van der Waals surface area contributed by atoms with E-state index in [9.17, 15) is 0 Å². The number of hydrogen-bond donors (Lipinski definition) is 1. The van der Waals surface area contributed by atoms with Crippen LogP contribution in [0.1, 0.15) is 130 Å². The molecular weight excluding hydrogens is 302 g/mol. The van der Waals surface area contributed by atoms with Crippen molar-refractivity contribution >= 4 is 12.4 Å². The van der Waals surface area contributed by atoms with Gasteiger partial charge in [-0.05, 0) is 19.3 Å². The Morgan fingerprint density at radius 1 is 0.522 bits per heavy atom. The number of nitrogens with two attached hydrogens (primary N) is 1. The van der Waals surface area contributed by atoms with Gasteiger partial charge in [-0.15, -0.1) is 12.4 Å². The summed E-state index contributed by atoms with van der Waals surface area (Å²) in [6.07, 6.45) is 23.5. The smallest absolute Gasteiger partial charge is 0.0149 e. The highest BCUT2D eigenvalue weighted by atomic mass is 35.5. The molecule has 0 rings (SSSR count). The summed E-state index contributed by atoms with van der Waals surface area (Å²) < 4.78 is 0. The van der Waals surface area contributed by atoms with Crippen molar-refractivity contribution in [2.45, 2.75) is 135 Å². The number of hydrogen-bond acceptors (Lipinski definition) is 1. The van der Waals surface area contributed by atoms with Crippen LogP contribution in [0.25, 0.3) is 0 Å². The molecule has 2 N–H and O–H groups in total. The molecule has 0 spiro atoms. The number of unbranched alkanes of at least 4 members (excludes halogenated alkanes) is 13. The average molecular weight is 348 g/mol. The third kappa shape index (κ3) is 16.9. The van der Waals surface area contributed by atoms with Crippen molar-refractivity contribution in [3.8, 4) is 0 Å². The first-order valence-corrected chi connectivity index (χ1v) is 10.5. The summed E-state index contributed by atoms with van der Waals surface area (Å²) in [6, 6.07) is 0. The molecule has 1 nitrogen and oxygen atoms in total. The summed E-state index contributed by atoms with van der Waals surface area (Å²) >= 11 is 0. The van der Waals surface area contributed by atoms with Gasteiger partial charge in [0.05, 0.1) is 0 Å². The van der Waals surface area contributed by atoms with Crippen molar-refractivity contribution in [2.24, 2.45) is 5.73 Å². The normalized spacial score (nSPS) is 11.5. The molecule has 23 heavy (non-hydrogen) atoms. The maximum Gasteiger partial charge on any atom is 0.0149 e. The van der Waals surface area contributed by atoms with E-state index < -0.39 is 0 Å². The second kappa shape index (κ2) is 18.6. The van der Waals surface area contributed by atoms with Crippen LogP contribution in [-0.2, 0) is 0 Å². The van der Waals surface area contributed by atoms with Crippen molar-refractivity contribution < 1.29 is 0 Å². The zero-order chi connectivity index (χ0) is 16.5. The van der Waals surface area contributed by atoms with E-state index >= 15 is 0 Å². The van der Waals surface area contributed by atoms with Gasteiger partial charge in [0.2, 0.25) is 0 Å². The molecule has 0 fully saturated rings. The van der Waals surface area contributed by atoms with Crippen molar-refractivity contribution in [3.63, 3.8) is 0 Å². The first-order chi connectivity index (χ1) is 10.7. The Morgan fingerprint density at radius 3 is 1.13 bits per heavy atom. The molecule has 0 radical (unpaired) electrons. The lowest BCUT2D eigenvalue weighted by Crippen LogP contribution is -2.38.